The molecule has 0 fully saturated rings. The number of carbonyl (C=O) groups is 1. The number of hydrogen-bond donors (Lipinski definition) is 1. The van der Waals surface area contributed by atoms with Crippen LogP contribution >= 0.6 is 11.8 Å². The third kappa shape index (κ3) is 3.42. The first kappa shape index (κ1) is 19.3. The van der Waals surface area contributed by atoms with E-state index in [0.29, 0.717) is 11.0 Å². The predicted molar refractivity (Wildman–Crippen MR) is 116 cm³/mol. The number of ketones is 1. The predicted octanol–water partition coefficient (Wildman–Crippen LogP) is 4.64. The number of hydrogen-bond acceptors (Lipinski definition) is 5. The van der Waals surface area contributed by atoms with E-state index in [1.54, 1.807) is 7.11 Å². The van der Waals surface area contributed by atoms with Crippen molar-refractivity contribution in [3.63, 3.8) is 0 Å². The fourth-order valence-electron chi connectivity index (χ4n) is 3.49. The Morgan fingerprint density at radius 3 is 2.66 bits per heavy atom. The van der Waals surface area contributed by atoms with Crippen LogP contribution in [0, 0.1) is 6.92 Å². The van der Waals surface area contributed by atoms with E-state index in [4.69, 9.17) is 4.74 Å². The zero-order chi connectivity index (χ0) is 20.5. The number of carbonyl (C=O) groups excluding carboxylic acids is 1. The molecule has 2 aromatic heterocycles. The summed E-state index contributed by atoms with van der Waals surface area (Å²) in [6.07, 6.45) is 0. The fraction of sp³-hybridized carbons (Fsp3) is 0.227. The van der Waals surface area contributed by atoms with Crippen molar-refractivity contribution < 1.29 is 9.53 Å². The van der Waals surface area contributed by atoms with E-state index in [1.165, 1.54) is 11.8 Å². The van der Waals surface area contributed by atoms with Crippen LogP contribution in [0.25, 0.3) is 22.3 Å². The van der Waals surface area contributed by atoms with Crippen LogP contribution in [-0.4, -0.2) is 37.9 Å². The van der Waals surface area contributed by atoms with Crippen LogP contribution < -0.4 is 4.74 Å². The molecule has 4 aromatic rings. The molecular weight excluding hydrogens is 384 g/mol. The Bertz CT molecular complexity index is 1190. The molecule has 4 rings (SSSR count). The smallest absolute Gasteiger partial charge is 0.191 e. The molecule has 0 saturated carbocycles. The summed E-state index contributed by atoms with van der Waals surface area (Å²) in [5.41, 5.74) is 3.47. The molecule has 6 nitrogen and oxygen atoms in total. The van der Waals surface area contributed by atoms with Gasteiger partial charge in [-0.3, -0.25) is 4.79 Å². The number of benzene rings is 2. The van der Waals surface area contributed by atoms with Crippen molar-refractivity contribution in [1.82, 2.24) is 19.7 Å². The van der Waals surface area contributed by atoms with Crippen LogP contribution in [0.5, 0.6) is 5.75 Å². The molecule has 2 aromatic carbocycles. The maximum atomic E-state index is 13.2. The third-order valence-electron chi connectivity index (χ3n) is 4.97. The lowest BCUT2D eigenvalue weighted by Crippen LogP contribution is -2.15. The molecular formula is C22H22N4O2S. The number of ether oxygens (including phenoxy) is 1. The van der Waals surface area contributed by atoms with Crippen LogP contribution in [0.4, 0.5) is 0 Å². The van der Waals surface area contributed by atoms with Gasteiger partial charge in [-0.1, -0.05) is 42.1 Å². The van der Waals surface area contributed by atoms with Crippen molar-refractivity contribution in [2.75, 3.05) is 7.11 Å². The number of para-hydroxylation sites is 2. The van der Waals surface area contributed by atoms with Gasteiger partial charge in [0.2, 0.25) is 0 Å². The van der Waals surface area contributed by atoms with E-state index < -0.39 is 0 Å². The Balaban J connectivity index is 1.62. The number of rotatable bonds is 6. The topological polar surface area (TPSA) is 72.8 Å². The summed E-state index contributed by atoms with van der Waals surface area (Å²) >= 11 is 1.41. The molecule has 0 bridgehead atoms. The normalized spacial score (nSPS) is 12.3. The Kier molecular flexibility index (Phi) is 5.15. The fourth-order valence-corrected chi connectivity index (χ4v) is 4.36. The van der Waals surface area contributed by atoms with Crippen LogP contribution in [0.1, 0.15) is 23.0 Å². The van der Waals surface area contributed by atoms with Gasteiger partial charge in [-0.25, -0.2) is 0 Å². The first-order valence-electron chi connectivity index (χ1n) is 9.32. The number of Topliss-reactive ketones (excluding diaryl/α,β-unsaturated/α-hetero) is 1. The first-order chi connectivity index (χ1) is 14.0. The van der Waals surface area contributed by atoms with Crippen LogP contribution in [0.15, 0.2) is 53.7 Å². The van der Waals surface area contributed by atoms with Crippen molar-refractivity contribution in [3.8, 4) is 17.1 Å². The highest BCUT2D eigenvalue weighted by molar-refractivity contribution is 8.00. The first-order valence-corrected chi connectivity index (χ1v) is 10.2. The van der Waals surface area contributed by atoms with E-state index in [2.05, 4.69) is 15.2 Å². The number of aromatic amines is 1. The zero-order valence-corrected chi connectivity index (χ0v) is 17.6. The number of aryl methyl sites for hydroxylation is 1. The van der Waals surface area contributed by atoms with Crippen molar-refractivity contribution in [2.24, 2.45) is 7.05 Å². The van der Waals surface area contributed by atoms with Gasteiger partial charge in [0.1, 0.15) is 5.75 Å². The number of thioether (sulfide) groups is 1. The quantitative estimate of drug-likeness (QED) is 0.373. The van der Waals surface area contributed by atoms with Crippen molar-refractivity contribution in [2.45, 2.75) is 24.3 Å². The average Bonchev–Trinajstić information content (AvgIpc) is 3.26. The standard InChI is InChI=1S/C22H22N4O2S/c1-13-19(15-9-5-7-11-17(15)23-13)20(27)14(2)29-22-25-24-21(26(22)3)16-10-6-8-12-18(16)28-4/h5-12,14,23H,1-4H3/t14-/m0/s1. The summed E-state index contributed by atoms with van der Waals surface area (Å²) in [5, 5.41) is 9.98. The Hall–Kier alpha value is -3.06. The van der Waals surface area contributed by atoms with Gasteiger partial charge in [0, 0.05) is 29.2 Å². The average molecular weight is 407 g/mol. The lowest BCUT2D eigenvalue weighted by molar-refractivity contribution is 0.0995. The SMILES string of the molecule is COc1ccccc1-c1nnc(S[C@@H](C)C(=O)c2c(C)[nH]c3ccccc23)n1C. The van der Waals surface area contributed by atoms with Gasteiger partial charge in [0.05, 0.1) is 17.9 Å². The molecule has 0 saturated heterocycles. The molecule has 148 valence electrons. The monoisotopic (exact) mass is 406 g/mol. The molecule has 0 radical (unpaired) electrons. The molecule has 0 aliphatic heterocycles. The minimum absolute atomic E-state index is 0.0757. The van der Waals surface area contributed by atoms with Crippen molar-refractivity contribution in [3.05, 3.63) is 59.8 Å². The second-order valence-electron chi connectivity index (χ2n) is 6.86. The molecule has 1 atom stereocenters. The van der Waals surface area contributed by atoms with Crippen molar-refractivity contribution in [1.29, 1.82) is 0 Å². The molecule has 0 aliphatic rings. The van der Waals surface area contributed by atoms with E-state index >= 15 is 0 Å². The molecule has 2 heterocycles. The van der Waals surface area contributed by atoms with Crippen LogP contribution in [-0.2, 0) is 7.05 Å². The maximum absolute atomic E-state index is 13.2. The molecule has 29 heavy (non-hydrogen) atoms. The third-order valence-corrected chi connectivity index (χ3v) is 6.11. The number of aromatic nitrogens is 4. The molecule has 0 unspecified atom stereocenters. The summed E-state index contributed by atoms with van der Waals surface area (Å²) in [6.45, 7) is 3.85. The van der Waals surface area contributed by atoms with Gasteiger partial charge in [0.25, 0.3) is 0 Å². The van der Waals surface area contributed by atoms with E-state index in [-0.39, 0.29) is 11.0 Å². The van der Waals surface area contributed by atoms with E-state index in [9.17, 15) is 4.79 Å². The summed E-state index contributed by atoms with van der Waals surface area (Å²) < 4.78 is 7.34. The zero-order valence-electron chi connectivity index (χ0n) is 16.8. The number of nitrogens with zero attached hydrogens (tertiary/aromatic N) is 3. The number of methoxy groups -OCH3 is 1. The van der Waals surface area contributed by atoms with E-state index in [1.807, 2.05) is 74.0 Å². The van der Waals surface area contributed by atoms with Gasteiger partial charge in [-0.2, -0.15) is 0 Å². The maximum Gasteiger partial charge on any atom is 0.191 e. The van der Waals surface area contributed by atoms with Crippen molar-refractivity contribution >= 4 is 28.4 Å². The van der Waals surface area contributed by atoms with Crippen LogP contribution in [0.3, 0.4) is 0 Å². The van der Waals surface area contributed by atoms with Gasteiger partial charge in [-0.05, 0) is 32.0 Å². The highest BCUT2D eigenvalue weighted by Gasteiger charge is 2.25. The van der Waals surface area contributed by atoms with Gasteiger partial charge in [0.15, 0.2) is 16.8 Å². The number of fused-ring (bicyclic) bond motifs is 1. The Morgan fingerprint density at radius 1 is 1.14 bits per heavy atom. The van der Waals surface area contributed by atoms with E-state index in [0.717, 1.165) is 33.5 Å². The Labute approximate surface area is 173 Å². The Morgan fingerprint density at radius 2 is 1.86 bits per heavy atom. The second-order valence-corrected chi connectivity index (χ2v) is 8.17. The van der Waals surface area contributed by atoms with Gasteiger partial charge < -0.3 is 14.3 Å². The highest BCUT2D eigenvalue weighted by Crippen LogP contribution is 2.33. The number of H-pyrrole nitrogens is 1. The summed E-state index contributed by atoms with van der Waals surface area (Å²) in [5.74, 6) is 1.51. The van der Waals surface area contributed by atoms with Gasteiger partial charge in [-0.15, -0.1) is 10.2 Å². The van der Waals surface area contributed by atoms with Gasteiger partial charge >= 0.3 is 0 Å². The minimum atomic E-state index is -0.304. The minimum Gasteiger partial charge on any atom is -0.496 e. The second kappa shape index (κ2) is 7.75. The highest BCUT2D eigenvalue weighted by atomic mass is 32.2. The molecule has 1 N–H and O–H groups in total. The lowest BCUT2D eigenvalue weighted by Gasteiger charge is -2.11. The summed E-state index contributed by atoms with van der Waals surface area (Å²) in [7, 11) is 3.54. The molecule has 7 heteroatoms. The lowest BCUT2D eigenvalue weighted by atomic mass is 10.1. The summed E-state index contributed by atoms with van der Waals surface area (Å²) in [4.78, 5) is 16.5. The summed E-state index contributed by atoms with van der Waals surface area (Å²) in [6, 6.07) is 15.6. The van der Waals surface area contributed by atoms with Crippen LogP contribution in [0.2, 0.25) is 0 Å². The molecule has 0 amide bonds. The molecule has 0 aliphatic carbocycles. The largest absolute Gasteiger partial charge is 0.496 e. The molecule has 0 spiro atoms. The number of nitrogens with one attached hydrogen (secondary N) is 1.